The highest BCUT2D eigenvalue weighted by atomic mass is 16.7. The number of phenols is 1. The second kappa shape index (κ2) is 13.2. The van der Waals surface area contributed by atoms with E-state index in [9.17, 15) is 35.7 Å². The third kappa shape index (κ3) is 6.82. The summed E-state index contributed by atoms with van der Waals surface area (Å²) in [5, 5.41) is 69.6. The van der Waals surface area contributed by atoms with Crippen molar-refractivity contribution in [1.82, 2.24) is 0 Å². The molecule has 1 aliphatic heterocycles. The van der Waals surface area contributed by atoms with E-state index in [0.29, 0.717) is 24.3 Å². The third-order valence-electron chi connectivity index (χ3n) is 6.70. The number of aliphatic hydroxyl groups excluding tert-OH is 6. The Balaban J connectivity index is 1.73. The Morgan fingerprint density at radius 1 is 0.757 bits per heavy atom. The van der Waals surface area contributed by atoms with Gasteiger partial charge in [0.05, 0.1) is 20.8 Å². The van der Waals surface area contributed by atoms with Crippen molar-refractivity contribution in [2.75, 3.05) is 34.0 Å². The fraction of sp³-hybridized carbons (Fsp3) is 0.538. The number of aromatic hydroxyl groups is 1. The predicted octanol–water partition coefficient (Wildman–Crippen LogP) is -0.410. The normalized spacial score (nSPS) is 25.4. The summed E-state index contributed by atoms with van der Waals surface area (Å²) in [6.07, 6.45) is -6.24. The minimum Gasteiger partial charge on any atom is -0.504 e. The lowest BCUT2D eigenvalue weighted by Crippen LogP contribution is -2.60. The van der Waals surface area contributed by atoms with Gasteiger partial charge in [-0.05, 0) is 60.1 Å². The van der Waals surface area contributed by atoms with Crippen LogP contribution in [0, 0.1) is 11.8 Å². The van der Waals surface area contributed by atoms with E-state index in [4.69, 9.17) is 18.9 Å². The molecule has 37 heavy (non-hydrogen) atoms. The summed E-state index contributed by atoms with van der Waals surface area (Å²) in [5.74, 6) is 0.265. The molecule has 2 aromatic carbocycles. The molecule has 1 saturated heterocycles. The van der Waals surface area contributed by atoms with Gasteiger partial charge in [0, 0.05) is 13.2 Å². The molecular formula is C26H36O11. The smallest absolute Gasteiger partial charge is 0.229 e. The minimum atomic E-state index is -1.57. The van der Waals surface area contributed by atoms with Gasteiger partial charge in [0.25, 0.3) is 0 Å². The topological polar surface area (TPSA) is 179 Å². The lowest BCUT2D eigenvalue weighted by molar-refractivity contribution is -0.277. The average Bonchev–Trinajstić information content (AvgIpc) is 2.92. The quantitative estimate of drug-likeness (QED) is 0.192. The number of hydrogen-bond donors (Lipinski definition) is 7. The molecule has 0 aliphatic carbocycles. The van der Waals surface area contributed by atoms with E-state index in [1.807, 2.05) is 0 Å². The summed E-state index contributed by atoms with van der Waals surface area (Å²) in [7, 11) is 2.88. The van der Waals surface area contributed by atoms with Crippen molar-refractivity contribution in [3.05, 3.63) is 47.5 Å². The van der Waals surface area contributed by atoms with E-state index < -0.39 is 37.3 Å². The van der Waals surface area contributed by atoms with Crippen LogP contribution in [0.3, 0.4) is 0 Å². The Morgan fingerprint density at radius 3 is 1.86 bits per heavy atom. The van der Waals surface area contributed by atoms with Crippen molar-refractivity contribution in [2.24, 2.45) is 11.8 Å². The second-order valence-corrected chi connectivity index (χ2v) is 9.10. The molecule has 1 aliphatic rings. The molecular weight excluding hydrogens is 488 g/mol. The number of ether oxygens (including phenoxy) is 4. The fourth-order valence-electron chi connectivity index (χ4n) is 4.44. The first kappa shape index (κ1) is 28.9. The van der Waals surface area contributed by atoms with Gasteiger partial charge in [-0.3, -0.25) is 0 Å². The number of methoxy groups -OCH3 is 2. The Morgan fingerprint density at radius 2 is 1.32 bits per heavy atom. The van der Waals surface area contributed by atoms with Crippen molar-refractivity contribution < 1.29 is 54.7 Å². The molecule has 0 spiro atoms. The molecule has 0 radical (unpaired) electrons. The van der Waals surface area contributed by atoms with E-state index in [2.05, 4.69) is 0 Å². The zero-order valence-corrected chi connectivity index (χ0v) is 20.8. The van der Waals surface area contributed by atoms with Crippen LogP contribution in [-0.4, -0.2) is 100 Å². The van der Waals surface area contributed by atoms with Gasteiger partial charge < -0.3 is 54.7 Å². The number of aliphatic hydroxyl groups is 6. The summed E-state index contributed by atoms with van der Waals surface area (Å²) in [5.41, 5.74) is 1.63. The molecule has 3 rings (SSSR count). The van der Waals surface area contributed by atoms with Crippen LogP contribution >= 0.6 is 0 Å². The maximum absolute atomic E-state index is 10.3. The molecule has 7 N–H and O–H groups in total. The van der Waals surface area contributed by atoms with Crippen molar-refractivity contribution in [3.8, 4) is 23.0 Å². The third-order valence-corrected chi connectivity index (χ3v) is 6.70. The first-order valence-electron chi connectivity index (χ1n) is 12.0. The zero-order chi connectivity index (χ0) is 27.1. The lowest BCUT2D eigenvalue weighted by atomic mass is 9.83. The van der Waals surface area contributed by atoms with Crippen molar-refractivity contribution in [3.63, 3.8) is 0 Å². The van der Waals surface area contributed by atoms with Crippen LogP contribution in [0.25, 0.3) is 0 Å². The molecule has 11 nitrogen and oxygen atoms in total. The van der Waals surface area contributed by atoms with Crippen LogP contribution in [-0.2, 0) is 17.6 Å². The largest absolute Gasteiger partial charge is 0.504 e. The highest BCUT2D eigenvalue weighted by Gasteiger charge is 2.45. The molecule has 1 heterocycles. The van der Waals surface area contributed by atoms with E-state index >= 15 is 0 Å². The van der Waals surface area contributed by atoms with Crippen LogP contribution in [0.15, 0.2) is 36.4 Å². The molecule has 0 unspecified atom stereocenters. The van der Waals surface area contributed by atoms with Gasteiger partial charge in [-0.15, -0.1) is 0 Å². The number of rotatable bonds is 12. The van der Waals surface area contributed by atoms with E-state index in [1.165, 1.54) is 20.3 Å². The van der Waals surface area contributed by atoms with Crippen molar-refractivity contribution in [2.45, 2.75) is 43.5 Å². The molecule has 206 valence electrons. The summed E-state index contributed by atoms with van der Waals surface area (Å²) in [6.45, 7) is -0.915. The van der Waals surface area contributed by atoms with E-state index in [1.54, 1.807) is 30.3 Å². The predicted molar refractivity (Wildman–Crippen MR) is 131 cm³/mol. The first-order chi connectivity index (χ1) is 17.8. The van der Waals surface area contributed by atoms with Gasteiger partial charge in [0.2, 0.25) is 6.29 Å². The molecule has 11 heteroatoms. The maximum atomic E-state index is 10.3. The molecule has 0 bridgehead atoms. The van der Waals surface area contributed by atoms with Gasteiger partial charge in [0.15, 0.2) is 23.0 Å². The van der Waals surface area contributed by atoms with Gasteiger partial charge >= 0.3 is 0 Å². The SMILES string of the molecule is COc1cc(C[C@@H](CO)[C@H](CO)Cc2ccc(O[C@@H]3O[C@H](CO)[C@@H](O)[C@H](O)[C@H]3O)c(OC)c2)ccc1O. The number of phenolic OH excluding ortho intramolecular Hbond substituents is 1. The fourth-order valence-corrected chi connectivity index (χ4v) is 4.44. The number of hydrogen-bond acceptors (Lipinski definition) is 11. The summed E-state index contributed by atoms with van der Waals surface area (Å²) in [4.78, 5) is 0. The molecule has 0 saturated carbocycles. The van der Waals surface area contributed by atoms with Crippen molar-refractivity contribution in [1.29, 1.82) is 0 Å². The second-order valence-electron chi connectivity index (χ2n) is 9.10. The summed E-state index contributed by atoms with van der Waals surface area (Å²) >= 11 is 0. The van der Waals surface area contributed by atoms with Crippen LogP contribution in [0.5, 0.6) is 23.0 Å². The minimum absolute atomic E-state index is 0.0172. The van der Waals surface area contributed by atoms with Crippen LogP contribution in [0.4, 0.5) is 0 Å². The van der Waals surface area contributed by atoms with Gasteiger partial charge in [-0.25, -0.2) is 0 Å². The standard InChI is InChI=1S/C26H36O11/c1-34-20-9-14(3-5-18(20)30)7-16(11-27)17(12-28)8-15-4-6-19(21(10-15)35-2)36-26-25(33)24(32)23(31)22(13-29)37-26/h3-6,9-10,16-17,22-33H,7-8,11-13H2,1-2H3/t16-,17-,22+,23+,24-,25+,26+/m0/s1. The highest BCUT2D eigenvalue weighted by Crippen LogP contribution is 2.34. The molecule has 0 amide bonds. The Hall–Kier alpha value is -2.64. The highest BCUT2D eigenvalue weighted by molar-refractivity contribution is 5.44. The Bertz CT molecular complexity index is 998. The molecule has 2 aromatic rings. The average molecular weight is 525 g/mol. The molecule has 1 fully saturated rings. The zero-order valence-electron chi connectivity index (χ0n) is 20.8. The Kier molecular flexibility index (Phi) is 10.4. The monoisotopic (exact) mass is 524 g/mol. The van der Waals surface area contributed by atoms with Crippen LogP contribution in [0.1, 0.15) is 11.1 Å². The van der Waals surface area contributed by atoms with E-state index in [0.717, 1.165) is 11.1 Å². The summed E-state index contributed by atoms with van der Waals surface area (Å²) in [6, 6.07) is 9.98. The van der Waals surface area contributed by atoms with Gasteiger partial charge in [-0.2, -0.15) is 0 Å². The first-order valence-corrected chi connectivity index (χ1v) is 12.0. The number of benzene rings is 2. The van der Waals surface area contributed by atoms with Gasteiger partial charge in [0.1, 0.15) is 24.4 Å². The van der Waals surface area contributed by atoms with Crippen molar-refractivity contribution >= 4 is 0 Å². The van der Waals surface area contributed by atoms with E-state index in [-0.39, 0.29) is 36.5 Å². The molecule has 0 aromatic heterocycles. The maximum Gasteiger partial charge on any atom is 0.229 e. The van der Waals surface area contributed by atoms with Crippen LogP contribution in [0.2, 0.25) is 0 Å². The van der Waals surface area contributed by atoms with Crippen LogP contribution < -0.4 is 14.2 Å². The summed E-state index contributed by atoms with van der Waals surface area (Å²) < 4.78 is 21.7. The molecule has 7 atom stereocenters. The Labute approximate surface area is 215 Å². The lowest BCUT2D eigenvalue weighted by Gasteiger charge is -2.39. The van der Waals surface area contributed by atoms with Gasteiger partial charge in [-0.1, -0.05) is 12.1 Å².